The number of halogens is 2. The molecule has 2 aromatic carbocycles. The van der Waals surface area contributed by atoms with E-state index in [1.54, 1.807) is 12.1 Å². The maximum absolute atomic E-state index is 13.2. The standard InChI is InChI=1S/C17H19ClFNO/c1-17(2,3)20-11-14-15(18)8-5-9-16(14)21-13-7-4-6-12(19)10-13/h4-10,20H,11H2,1-3H3. The molecule has 0 heterocycles. The van der Waals surface area contributed by atoms with Gasteiger partial charge in [-0.05, 0) is 45.0 Å². The van der Waals surface area contributed by atoms with E-state index in [0.717, 1.165) is 5.56 Å². The number of hydrogen-bond donors (Lipinski definition) is 1. The summed E-state index contributed by atoms with van der Waals surface area (Å²) in [6, 6.07) is 11.5. The van der Waals surface area contributed by atoms with Crippen molar-refractivity contribution in [2.24, 2.45) is 0 Å². The highest BCUT2D eigenvalue weighted by Gasteiger charge is 2.14. The first kappa shape index (κ1) is 15.8. The summed E-state index contributed by atoms with van der Waals surface area (Å²) in [5.41, 5.74) is 0.827. The van der Waals surface area contributed by atoms with E-state index >= 15 is 0 Å². The molecule has 0 bridgehead atoms. The molecule has 0 saturated carbocycles. The van der Waals surface area contributed by atoms with Crippen LogP contribution in [0, 0.1) is 5.82 Å². The minimum absolute atomic E-state index is 0.0324. The van der Waals surface area contributed by atoms with Crippen LogP contribution < -0.4 is 10.1 Å². The molecule has 0 aliphatic carbocycles. The van der Waals surface area contributed by atoms with Crippen molar-refractivity contribution in [1.82, 2.24) is 5.32 Å². The third-order valence-corrected chi connectivity index (χ3v) is 3.25. The molecular formula is C17H19ClFNO. The highest BCUT2D eigenvalue weighted by Crippen LogP contribution is 2.31. The van der Waals surface area contributed by atoms with Crippen LogP contribution in [-0.2, 0) is 6.54 Å². The van der Waals surface area contributed by atoms with Crippen molar-refractivity contribution in [2.45, 2.75) is 32.9 Å². The molecule has 0 atom stereocenters. The fraction of sp³-hybridized carbons (Fsp3) is 0.294. The van der Waals surface area contributed by atoms with Crippen molar-refractivity contribution >= 4 is 11.6 Å². The van der Waals surface area contributed by atoms with Crippen molar-refractivity contribution in [3.8, 4) is 11.5 Å². The molecule has 1 N–H and O–H groups in total. The van der Waals surface area contributed by atoms with Crippen molar-refractivity contribution in [3.63, 3.8) is 0 Å². The fourth-order valence-electron chi connectivity index (χ4n) is 1.82. The van der Waals surface area contributed by atoms with Crippen LogP contribution >= 0.6 is 11.6 Å². The van der Waals surface area contributed by atoms with Gasteiger partial charge in [0.15, 0.2) is 0 Å². The molecule has 0 radical (unpaired) electrons. The lowest BCUT2D eigenvalue weighted by molar-refractivity contribution is 0.414. The first-order chi connectivity index (χ1) is 9.85. The predicted molar refractivity (Wildman–Crippen MR) is 84.5 cm³/mol. The predicted octanol–water partition coefficient (Wildman–Crippen LogP) is 5.16. The molecule has 2 nitrogen and oxygen atoms in total. The summed E-state index contributed by atoms with van der Waals surface area (Å²) in [5, 5.41) is 4.00. The summed E-state index contributed by atoms with van der Waals surface area (Å²) in [6.45, 7) is 6.82. The topological polar surface area (TPSA) is 21.3 Å². The van der Waals surface area contributed by atoms with E-state index in [1.165, 1.54) is 12.1 Å². The van der Waals surface area contributed by atoms with E-state index in [0.29, 0.717) is 23.1 Å². The van der Waals surface area contributed by atoms with Crippen LogP contribution in [0.1, 0.15) is 26.3 Å². The lowest BCUT2D eigenvalue weighted by Crippen LogP contribution is -2.35. The van der Waals surface area contributed by atoms with Crippen LogP contribution in [0.2, 0.25) is 5.02 Å². The van der Waals surface area contributed by atoms with Gasteiger partial charge in [0.2, 0.25) is 0 Å². The highest BCUT2D eigenvalue weighted by molar-refractivity contribution is 6.31. The molecule has 0 unspecified atom stereocenters. The Morgan fingerprint density at radius 3 is 2.52 bits per heavy atom. The van der Waals surface area contributed by atoms with Gasteiger partial charge in [-0.15, -0.1) is 0 Å². The van der Waals surface area contributed by atoms with Crippen LogP contribution in [-0.4, -0.2) is 5.54 Å². The molecule has 0 spiro atoms. The molecule has 0 aliphatic heterocycles. The summed E-state index contributed by atoms with van der Waals surface area (Å²) in [7, 11) is 0. The van der Waals surface area contributed by atoms with Crippen LogP contribution in [0.4, 0.5) is 4.39 Å². The van der Waals surface area contributed by atoms with E-state index < -0.39 is 0 Å². The van der Waals surface area contributed by atoms with Gasteiger partial charge in [0.1, 0.15) is 17.3 Å². The summed E-state index contributed by atoms with van der Waals surface area (Å²) < 4.78 is 19.0. The Kier molecular flexibility index (Phi) is 4.86. The molecule has 4 heteroatoms. The SMILES string of the molecule is CC(C)(C)NCc1c(Cl)cccc1Oc1cccc(F)c1. The summed E-state index contributed by atoms with van der Waals surface area (Å²) in [6.07, 6.45) is 0. The quantitative estimate of drug-likeness (QED) is 0.842. The molecule has 21 heavy (non-hydrogen) atoms. The van der Waals surface area contributed by atoms with Gasteiger partial charge in [-0.25, -0.2) is 4.39 Å². The third kappa shape index (κ3) is 4.73. The fourth-order valence-corrected chi connectivity index (χ4v) is 2.05. The number of ether oxygens (including phenoxy) is 1. The second-order valence-electron chi connectivity index (χ2n) is 5.88. The van der Waals surface area contributed by atoms with Crippen molar-refractivity contribution < 1.29 is 9.13 Å². The average Bonchev–Trinajstić information content (AvgIpc) is 2.37. The Bertz CT molecular complexity index is 622. The Balaban J connectivity index is 2.25. The first-order valence-corrected chi connectivity index (χ1v) is 7.19. The van der Waals surface area contributed by atoms with Crippen LogP contribution in [0.15, 0.2) is 42.5 Å². The van der Waals surface area contributed by atoms with Crippen LogP contribution in [0.3, 0.4) is 0 Å². The molecule has 0 fully saturated rings. The lowest BCUT2D eigenvalue weighted by atomic mass is 10.1. The number of rotatable bonds is 4. The lowest BCUT2D eigenvalue weighted by Gasteiger charge is -2.22. The van der Waals surface area contributed by atoms with Gasteiger partial charge < -0.3 is 10.1 Å². The minimum Gasteiger partial charge on any atom is -0.457 e. The summed E-state index contributed by atoms with van der Waals surface area (Å²) >= 11 is 6.26. The van der Waals surface area contributed by atoms with Gasteiger partial charge in [-0.1, -0.05) is 23.7 Å². The Morgan fingerprint density at radius 1 is 1.14 bits per heavy atom. The molecule has 0 saturated heterocycles. The monoisotopic (exact) mass is 307 g/mol. The van der Waals surface area contributed by atoms with Gasteiger partial charge >= 0.3 is 0 Å². The maximum atomic E-state index is 13.2. The Hall–Kier alpha value is -1.58. The Morgan fingerprint density at radius 2 is 1.86 bits per heavy atom. The van der Waals surface area contributed by atoms with Crippen molar-refractivity contribution in [3.05, 3.63) is 58.9 Å². The second kappa shape index (κ2) is 6.46. The zero-order valence-electron chi connectivity index (χ0n) is 12.4. The third-order valence-electron chi connectivity index (χ3n) is 2.90. The molecule has 0 aliphatic rings. The normalized spacial score (nSPS) is 11.5. The van der Waals surface area contributed by atoms with Crippen LogP contribution in [0.25, 0.3) is 0 Å². The second-order valence-corrected chi connectivity index (χ2v) is 6.29. The number of hydrogen-bond acceptors (Lipinski definition) is 2. The minimum atomic E-state index is -0.330. The zero-order chi connectivity index (χ0) is 15.5. The smallest absolute Gasteiger partial charge is 0.133 e. The maximum Gasteiger partial charge on any atom is 0.133 e. The largest absolute Gasteiger partial charge is 0.457 e. The molecule has 2 rings (SSSR count). The summed E-state index contributed by atoms with van der Waals surface area (Å²) in [5.74, 6) is 0.753. The van der Waals surface area contributed by atoms with E-state index in [1.807, 2.05) is 18.2 Å². The number of benzene rings is 2. The average molecular weight is 308 g/mol. The molecule has 0 aromatic heterocycles. The molecular weight excluding hydrogens is 289 g/mol. The van der Waals surface area contributed by atoms with Crippen molar-refractivity contribution in [1.29, 1.82) is 0 Å². The van der Waals surface area contributed by atoms with Gasteiger partial charge in [0.25, 0.3) is 0 Å². The highest BCUT2D eigenvalue weighted by atomic mass is 35.5. The molecule has 112 valence electrons. The zero-order valence-corrected chi connectivity index (χ0v) is 13.2. The van der Waals surface area contributed by atoms with Gasteiger partial charge in [0, 0.05) is 28.7 Å². The first-order valence-electron chi connectivity index (χ1n) is 6.81. The van der Waals surface area contributed by atoms with Gasteiger partial charge in [-0.2, -0.15) is 0 Å². The molecule has 0 amide bonds. The van der Waals surface area contributed by atoms with Crippen LogP contribution in [0.5, 0.6) is 11.5 Å². The summed E-state index contributed by atoms with van der Waals surface area (Å²) in [4.78, 5) is 0. The Labute approximate surface area is 129 Å². The molecule has 2 aromatic rings. The van der Waals surface area contributed by atoms with E-state index in [4.69, 9.17) is 16.3 Å². The van der Waals surface area contributed by atoms with Gasteiger partial charge in [-0.3, -0.25) is 0 Å². The van der Waals surface area contributed by atoms with E-state index in [-0.39, 0.29) is 11.4 Å². The van der Waals surface area contributed by atoms with Gasteiger partial charge in [0.05, 0.1) is 0 Å². The van der Waals surface area contributed by atoms with E-state index in [2.05, 4.69) is 26.1 Å². The van der Waals surface area contributed by atoms with Crippen molar-refractivity contribution in [2.75, 3.05) is 0 Å². The number of nitrogens with one attached hydrogen (secondary N) is 1. The van der Waals surface area contributed by atoms with E-state index in [9.17, 15) is 4.39 Å².